The zero-order chi connectivity index (χ0) is 21.1. The first kappa shape index (κ1) is 19.2. The first-order chi connectivity index (χ1) is 13.5. The SMILES string of the molecule is CC1(C)C=C2Nc3[nH]c(=O)[nH]c(=O)c3[C@@H](c3ccc(C(F)(F)F)cc3)[C@@H]2C(=O)C1. The van der Waals surface area contributed by atoms with Gasteiger partial charge >= 0.3 is 11.9 Å². The minimum atomic E-state index is -4.50. The quantitative estimate of drug-likeness (QED) is 0.679. The highest BCUT2D eigenvalue weighted by Gasteiger charge is 2.45. The molecule has 152 valence electrons. The number of halogens is 3. The van der Waals surface area contributed by atoms with Gasteiger partial charge in [0.05, 0.1) is 17.0 Å². The van der Waals surface area contributed by atoms with E-state index in [1.54, 1.807) is 0 Å². The molecule has 1 aliphatic carbocycles. The number of Topliss-reactive ketones (excluding diaryl/α,β-unsaturated/α-hetero) is 1. The number of fused-ring (bicyclic) bond motifs is 2. The molecular weight excluding hydrogens is 387 g/mol. The van der Waals surface area contributed by atoms with Gasteiger partial charge in [0, 0.05) is 18.0 Å². The van der Waals surface area contributed by atoms with Gasteiger partial charge in [-0.15, -0.1) is 0 Å². The predicted octanol–water partition coefficient (Wildman–Crippen LogP) is 3.14. The molecular formula is C20H18F3N3O3. The zero-order valence-corrected chi connectivity index (χ0v) is 15.6. The maximum absolute atomic E-state index is 13.0. The van der Waals surface area contributed by atoms with Crippen molar-refractivity contribution in [3.63, 3.8) is 0 Å². The topological polar surface area (TPSA) is 94.8 Å². The summed E-state index contributed by atoms with van der Waals surface area (Å²) in [6, 6.07) is 4.41. The maximum atomic E-state index is 13.0. The van der Waals surface area contributed by atoms with Crippen LogP contribution in [-0.4, -0.2) is 15.8 Å². The number of ketones is 1. The number of alkyl halides is 3. The van der Waals surface area contributed by atoms with Crippen LogP contribution in [0.3, 0.4) is 0 Å². The van der Waals surface area contributed by atoms with E-state index < -0.39 is 40.2 Å². The molecule has 0 spiro atoms. The summed E-state index contributed by atoms with van der Waals surface area (Å²) in [7, 11) is 0. The number of rotatable bonds is 1. The van der Waals surface area contributed by atoms with E-state index in [1.165, 1.54) is 12.1 Å². The highest BCUT2D eigenvalue weighted by atomic mass is 19.4. The lowest BCUT2D eigenvalue weighted by atomic mass is 9.67. The first-order valence-corrected chi connectivity index (χ1v) is 9.02. The average molecular weight is 405 g/mol. The number of benzene rings is 1. The molecule has 4 rings (SSSR count). The summed E-state index contributed by atoms with van der Waals surface area (Å²) in [5, 5.41) is 2.99. The zero-order valence-electron chi connectivity index (χ0n) is 15.6. The van der Waals surface area contributed by atoms with Crippen molar-refractivity contribution < 1.29 is 18.0 Å². The summed E-state index contributed by atoms with van der Waals surface area (Å²) in [4.78, 5) is 42.0. The van der Waals surface area contributed by atoms with E-state index in [9.17, 15) is 27.6 Å². The van der Waals surface area contributed by atoms with Crippen molar-refractivity contribution >= 4 is 11.6 Å². The number of H-pyrrole nitrogens is 2. The van der Waals surface area contributed by atoms with Gasteiger partial charge < -0.3 is 5.32 Å². The Morgan fingerprint density at radius 3 is 2.28 bits per heavy atom. The molecule has 1 aromatic carbocycles. The lowest BCUT2D eigenvalue weighted by Crippen LogP contribution is -2.43. The normalized spacial score (nSPS) is 22.9. The molecule has 3 N–H and O–H groups in total. The Morgan fingerprint density at radius 2 is 1.66 bits per heavy atom. The number of aromatic nitrogens is 2. The molecule has 2 heterocycles. The number of nitrogens with one attached hydrogen (secondary N) is 3. The lowest BCUT2D eigenvalue weighted by Gasteiger charge is -2.40. The molecule has 6 nitrogen and oxygen atoms in total. The van der Waals surface area contributed by atoms with E-state index in [2.05, 4.69) is 15.3 Å². The molecule has 29 heavy (non-hydrogen) atoms. The van der Waals surface area contributed by atoms with Crippen LogP contribution in [0.1, 0.15) is 42.9 Å². The van der Waals surface area contributed by atoms with E-state index >= 15 is 0 Å². The second kappa shape index (κ2) is 6.20. The first-order valence-electron chi connectivity index (χ1n) is 9.02. The number of allylic oxidation sites excluding steroid dienone is 2. The molecule has 0 bridgehead atoms. The largest absolute Gasteiger partial charge is 0.416 e. The minimum absolute atomic E-state index is 0.124. The van der Waals surface area contributed by atoms with Crippen LogP contribution >= 0.6 is 0 Å². The maximum Gasteiger partial charge on any atom is 0.416 e. The lowest BCUT2D eigenvalue weighted by molar-refractivity contribution is -0.137. The van der Waals surface area contributed by atoms with E-state index in [4.69, 9.17) is 0 Å². The standard InChI is InChI=1S/C20H18F3N3O3/c1-19(2)7-11-14(12(27)8-19)13(9-3-5-10(6-4-9)20(21,22)23)15-16(24-11)25-18(29)26-17(15)28/h3-7,13-14H,8H2,1-2H3,(H3,24,25,26,28,29)/t13-,14-/m0/s1. The molecule has 2 aromatic rings. The van der Waals surface area contributed by atoms with Crippen molar-refractivity contribution in [3.05, 3.63) is 73.6 Å². The van der Waals surface area contributed by atoms with Crippen molar-refractivity contribution in [1.29, 1.82) is 0 Å². The van der Waals surface area contributed by atoms with Gasteiger partial charge in [-0.25, -0.2) is 4.79 Å². The van der Waals surface area contributed by atoms with Gasteiger partial charge in [-0.2, -0.15) is 13.2 Å². The van der Waals surface area contributed by atoms with Crippen LogP contribution in [0.5, 0.6) is 0 Å². The van der Waals surface area contributed by atoms with Crippen LogP contribution in [0, 0.1) is 11.3 Å². The summed E-state index contributed by atoms with van der Waals surface area (Å²) in [6.45, 7) is 3.78. The third kappa shape index (κ3) is 3.30. The van der Waals surface area contributed by atoms with Crippen LogP contribution in [0.2, 0.25) is 0 Å². The van der Waals surface area contributed by atoms with Crippen LogP contribution in [0.15, 0.2) is 45.6 Å². The fourth-order valence-corrected chi connectivity index (χ4v) is 4.21. The average Bonchev–Trinajstić information content (AvgIpc) is 2.58. The Morgan fingerprint density at radius 1 is 1.00 bits per heavy atom. The van der Waals surface area contributed by atoms with Crippen molar-refractivity contribution in [2.75, 3.05) is 5.32 Å². The number of hydrogen-bond donors (Lipinski definition) is 3. The third-order valence-corrected chi connectivity index (χ3v) is 5.35. The molecule has 0 unspecified atom stereocenters. The van der Waals surface area contributed by atoms with Gasteiger partial charge in [-0.05, 0) is 23.1 Å². The van der Waals surface area contributed by atoms with Gasteiger partial charge in [0.2, 0.25) is 0 Å². The fraction of sp³-hybridized carbons (Fsp3) is 0.350. The molecule has 0 radical (unpaired) electrons. The number of anilines is 1. The van der Waals surface area contributed by atoms with Gasteiger partial charge in [-0.3, -0.25) is 19.6 Å². The summed E-state index contributed by atoms with van der Waals surface area (Å²) >= 11 is 0. The fourth-order valence-electron chi connectivity index (χ4n) is 4.21. The van der Waals surface area contributed by atoms with E-state index in [0.29, 0.717) is 11.3 Å². The highest BCUT2D eigenvalue weighted by Crippen LogP contribution is 2.47. The van der Waals surface area contributed by atoms with Gasteiger partial charge in [0.15, 0.2) is 0 Å². The summed E-state index contributed by atoms with van der Waals surface area (Å²) < 4.78 is 38.9. The van der Waals surface area contributed by atoms with E-state index in [1.807, 2.05) is 19.9 Å². The second-order valence-corrected chi connectivity index (χ2v) is 8.13. The molecule has 0 saturated heterocycles. The molecule has 0 saturated carbocycles. The Bertz CT molecular complexity index is 1140. The van der Waals surface area contributed by atoms with Crippen LogP contribution < -0.4 is 16.6 Å². The van der Waals surface area contributed by atoms with E-state index in [-0.39, 0.29) is 23.6 Å². The Kier molecular flexibility index (Phi) is 4.11. The Hall–Kier alpha value is -3.10. The van der Waals surface area contributed by atoms with Crippen molar-refractivity contribution in [1.82, 2.24) is 9.97 Å². The highest BCUT2D eigenvalue weighted by molar-refractivity contribution is 5.90. The molecule has 1 aromatic heterocycles. The monoisotopic (exact) mass is 405 g/mol. The summed E-state index contributed by atoms with van der Waals surface area (Å²) in [5.74, 6) is -1.54. The van der Waals surface area contributed by atoms with Gasteiger partial charge in [-0.1, -0.05) is 32.1 Å². The smallest absolute Gasteiger partial charge is 0.344 e. The van der Waals surface area contributed by atoms with Crippen molar-refractivity contribution in [3.8, 4) is 0 Å². The number of carbonyl (C=O) groups is 1. The molecule has 0 amide bonds. The number of aromatic amines is 2. The van der Waals surface area contributed by atoms with Crippen LogP contribution in [0.25, 0.3) is 0 Å². The summed E-state index contributed by atoms with van der Waals surface area (Å²) in [5.41, 5.74) is -1.60. The van der Waals surface area contributed by atoms with Crippen molar-refractivity contribution in [2.45, 2.75) is 32.4 Å². The van der Waals surface area contributed by atoms with Crippen LogP contribution in [0.4, 0.5) is 19.0 Å². The number of carbonyl (C=O) groups excluding carboxylic acids is 1. The summed E-state index contributed by atoms with van der Waals surface area (Å²) in [6.07, 6.45) is -2.39. The van der Waals surface area contributed by atoms with Gasteiger partial charge in [0.1, 0.15) is 11.6 Å². The second-order valence-electron chi connectivity index (χ2n) is 8.13. The minimum Gasteiger partial charge on any atom is -0.344 e. The predicted molar refractivity (Wildman–Crippen MR) is 99.6 cm³/mol. The molecule has 0 fully saturated rings. The molecule has 2 atom stereocenters. The third-order valence-electron chi connectivity index (χ3n) is 5.35. The molecule has 2 aliphatic rings. The Labute approximate surface area is 162 Å². The van der Waals surface area contributed by atoms with Crippen LogP contribution in [-0.2, 0) is 11.0 Å². The van der Waals surface area contributed by atoms with Crippen molar-refractivity contribution in [2.24, 2.45) is 11.3 Å². The van der Waals surface area contributed by atoms with Gasteiger partial charge in [0.25, 0.3) is 5.56 Å². The molecule has 1 aliphatic heterocycles. The molecule has 9 heteroatoms. The Balaban J connectivity index is 1.94. The van der Waals surface area contributed by atoms with E-state index in [0.717, 1.165) is 12.1 Å². The number of hydrogen-bond acceptors (Lipinski definition) is 4.